The van der Waals surface area contributed by atoms with Gasteiger partial charge in [0.15, 0.2) is 0 Å². The van der Waals surface area contributed by atoms with Gasteiger partial charge < -0.3 is 14.4 Å². The quantitative estimate of drug-likeness (QED) is 0.848. The van der Waals surface area contributed by atoms with Gasteiger partial charge in [-0.2, -0.15) is 0 Å². The molecule has 0 aromatic heterocycles. The molecule has 19 heavy (non-hydrogen) atoms. The van der Waals surface area contributed by atoms with E-state index in [1.54, 1.807) is 0 Å². The molecule has 0 saturated carbocycles. The first-order valence-electron chi connectivity index (χ1n) is 6.55. The average molecular weight is 283 g/mol. The zero-order valence-corrected chi connectivity index (χ0v) is 12.8. The minimum Gasteiger partial charge on any atom is -0.508 e. The lowest BCUT2D eigenvalue weighted by molar-refractivity contribution is 0.00578. The van der Waals surface area contributed by atoms with Crippen LogP contribution in [0.1, 0.15) is 40.2 Å². The highest BCUT2D eigenvalue weighted by molar-refractivity contribution is 6.63. The molecule has 1 fully saturated rings. The van der Waals surface area contributed by atoms with Crippen molar-refractivity contribution in [1.82, 2.24) is 0 Å². The summed E-state index contributed by atoms with van der Waals surface area (Å²) in [5.74, 6) is 0.128. The number of benzene rings is 1. The Balaban J connectivity index is 2.45. The number of hydrogen-bond donors (Lipinski definition) is 1. The van der Waals surface area contributed by atoms with Crippen LogP contribution in [0.5, 0.6) is 5.75 Å². The van der Waals surface area contributed by atoms with Crippen LogP contribution in [0, 0.1) is 0 Å². The molecule has 1 aromatic rings. The van der Waals surface area contributed by atoms with Crippen molar-refractivity contribution in [3.63, 3.8) is 0 Å². The second-order valence-electron chi connectivity index (χ2n) is 5.94. The summed E-state index contributed by atoms with van der Waals surface area (Å²) >= 11 is 5.98. The maximum Gasteiger partial charge on any atom is 0.498 e. The Hall–Kier alpha value is -0.705. The summed E-state index contributed by atoms with van der Waals surface area (Å²) in [6.45, 7) is 9.98. The number of aromatic hydroxyl groups is 1. The van der Waals surface area contributed by atoms with E-state index in [0.29, 0.717) is 10.5 Å². The Bertz CT molecular complexity index is 484. The predicted molar refractivity (Wildman–Crippen MR) is 78.2 cm³/mol. The summed E-state index contributed by atoms with van der Waals surface area (Å²) in [4.78, 5) is 0. The maximum atomic E-state index is 10.2. The zero-order valence-electron chi connectivity index (χ0n) is 12.1. The zero-order chi connectivity index (χ0) is 14.4. The number of aryl methyl sites for hydroxylation is 1. The van der Waals surface area contributed by atoms with Gasteiger partial charge in [-0.05, 0) is 51.8 Å². The van der Waals surface area contributed by atoms with E-state index in [1.165, 1.54) is 6.07 Å². The molecular formula is C14H20BClO3. The lowest BCUT2D eigenvalue weighted by Crippen LogP contribution is -2.41. The average Bonchev–Trinajstić information content (AvgIpc) is 2.46. The summed E-state index contributed by atoms with van der Waals surface area (Å²) < 4.78 is 12.0. The Kier molecular flexibility index (Phi) is 3.63. The highest BCUT2D eigenvalue weighted by Gasteiger charge is 2.52. The van der Waals surface area contributed by atoms with Crippen LogP contribution in [0.25, 0.3) is 0 Å². The molecule has 0 radical (unpaired) electrons. The van der Waals surface area contributed by atoms with E-state index in [4.69, 9.17) is 20.9 Å². The smallest absolute Gasteiger partial charge is 0.498 e. The molecule has 1 saturated heterocycles. The molecular weight excluding hydrogens is 262 g/mol. The predicted octanol–water partition coefficient (Wildman–Crippen LogP) is 2.91. The molecule has 0 amide bonds. The van der Waals surface area contributed by atoms with E-state index in [-0.39, 0.29) is 5.75 Å². The van der Waals surface area contributed by atoms with Crippen LogP contribution >= 0.6 is 11.6 Å². The standard InChI is InChI=1S/C14H20BClO3/c1-6-9-7-10(16)8-11(17)12(9)15-18-13(2,3)14(4,5)19-15/h7-8,17H,6H2,1-5H3. The van der Waals surface area contributed by atoms with Gasteiger partial charge in [0.1, 0.15) is 5.75 Å². The van der Waals surface area contributed by atoms with Crippen LogP contribution in [0.15, 0.2) is 12.1 Å². The Morgan fingerprint density at radius 2 is 1.68 bits per heavy atom. The van der Waals surface area contributed by atoms with Crippen LogP contribution in [-0.4, -0.2) is 23.4 Å². The van der Waals surface area contributed by atoms with Crippen molar-refractivity contribution in [1.29, 1.82) is 0 Å². The third kappa shape index (κ3) is 2.49. The van der Waals surface area contributed by atoms with Gasteiger partial charge >= 0.3 is 7.12 Å². The number of phenolic OH excluding ortho intramolecular Hbond substituents is 1. The lowest BCUT2D eigenvalue weighted by Gasteiger charge is -2.32. The largest absolute Gasteiger partial charge is 0.508 e. The maximum absolute atomic E-state index is 10.2. The van der Waals surface area contributed by atoms with Gasteiger partial charge in [-0.15, -0.1) is 0 Å². The SMILES string of the molecule is CCc1cc(Cl)cc(O)c1B1OC(C)(C)C(C)(C)O1. The van der Waals surface area contributed by atoms with Crippen LogP contribution in [0.2, 0.25) is 5.02 Å². The number of hydrogen-bond acceptors (Lipinski definition) is 3. The van der Waals surface area contributed by atoms with Crippen molar-refractivity contribution in [2.75, 3.05) is 0 Å². The van der Waals surface area contributed by atoms with Gasteiger partial charge in [0.2, 0.25) is 0 Å². The Morgan fingerprint density at radius 1 is 1.16 bits per heavy atom. The van der Waals surface area contributed by atoms with E-state index < -0.39 is 18.3 Å². The molecule has 2 rings (SSSR count). The normalized spacial score (nSPS) is 20.8. The van der Waals surface area contributed by atoms with Gasteiger partial charge in [0.05, 0.1) is 11.2 Å². The van der Waals surface area contributed by atoms with Crippen LogP contribution in [-0.2, 0) is 15.7 Å². The van der Waals surface area contributed by atoms with Crippen LogP contribution in [0.4, 0.5) is 0 Å². The first-order chi connectivity index (χ1) is 8.68. The molecule has 0 bridgehead atoms. The van der Waals surface area contributed by atoms with Crippen molar-refractivity contribution in [3.05, 3.63) is 22.7 Å². The number of phenols is 1. The molecule has 1 aliphatic heterocycles. The first kappa shape index (κ1) is 14.7. The van der Waals surface area contributed by atoms with E-state index in [2.05, 4.69) is 0 Å². The van der Waals surface area contributed by atoms with Gasteiger partial charge in [-0.1, -0.05) is 18.5 Å². The summed E-state index contributed by atoms with van der Waals surface area (Å²) in [6.07, 6.45) is 0.757. The lowest BCUT2D eigenvalue weighted by atomic mass is 9.74. The molecule has 0 spiro atoms. The van der Waals surface area contributed by atoms with Crippen LogP contribution < -0.4 is 5.46 Å². The van der Waals surface area contributed by atoms with Crippen molar-refractivity contribution in [2.45, 2.75) is 52.2 Å². The van der Waals surface area contributed by atoms with Gasteiger partial charge in [-0.25, -0.2) is 0 Å². The summed E-state index contributed by atoms with van der Waals surface area (Å²) in [5, 5.41) is 10.7. The van der Waals surface area contributed by atoms with E-state index in [0.717, 1.165) is 12.0 Å². The topological polar surface area (TPSA) is 38.7 Å². The Morgan fingerprint density at radius 3 is 2.16 bits per heavy atom. The van der Waals surface area contributed by atoms with Crippen molar-refractivity contribution in [2.24, 2.45) is 0 Å². The van der Waals surface area contributed by atoms with E-state index >= 15 is 0 Å². The minimum absolute atomic E-state index is 0.128. The van der Waals surface area contributed by atoms with Crippen molar-refractivity contribution in [3.8, 4) is 5.75 Å². The van der Waals surface area contributed by atoms with Gasteiger partial charge in [0, 0.05) is 10.5 Å². The first-order valence-corrected chi connectivity index (χ1v) is 6.92. The molecule has 0 atom stereocenters. The molecule has 1 aromatic carbocycles. The fourth-order valence-corrected chi connectivity index (χ4v) is 2.42. The minimum atomic E-state index is -0.558. The monoisotopic (exact) mass is 282 g/mol. The Labute approximate surface area is 120 Å². The second-order valence-corrected chi connectivity index (χ2v) is 6.38. The second kappa shape index (κ2) is 4.69. The molecule has 1 N–H and O–H groups in total. The molecule has 0 aliphatic carbocycles. The van der Waals surface area contributed by atoms with Crippen molar-refractivity contribution < 1.29 is 14.4 Å². The summed E-state index contributed by atoms with van der Waals surface area (Å²) in [6, 6.07) is 3.38. The van der Waals surface area contributed by atoms with Crippen LogP contribution in [0.3, 0.4) is 0 Å². The fourth-order valence-electron chi connectivity index (χ4n) is 2.18. The third-order valence-electron chi connectivity index (χ3n) is 4.08. The van der Waals surface area contributed by atoms with Crippen molar-refractivity contribution >= 4 is 24.2 Å². The summed E-state index contributed by atoms with van der Waals surface area (Å²) in [5.41, 5.74) is 0.790. The third-order valence-corrected chi connectivity index (χ3v) is 4.30. The van der Waals surface area contributed by atoms with Gasteiger partial charge in [-0.3, -0.25) is 0 Å². The fraction of sp³-hybridized carbons (Fsp3) is 0.571. The number of halogens is 1. The summed E-state index contributed by atoms with van der Waals surface area (Å²) in [7, 11) is -0.558. The molecule has 0 unspecified atom stereocenters. The van der Waals surface area contributed by atoms with E-state index in [1.807, 2.05) is 40.7 Å². The molecule has 104 valence electrons. The van der Waals surface area contributed by atoms with E-state index in [9.17, 15) is 5.11 Å². The molecule has 5 heteroatoms. The highest BCUT2D eigenvalue weighted by atomic mass is 35.5. The molecule has 1 aliphatic rings. The van der Waals surface area contributed by atoms with Gasteiger partial charge in [0.25, 0.3) is 0 Å². The number of rotatable bonds is 2. The molecule has 3 nitrogen and oxygen atoms in total. The highest BCUT2D eigenvalue weighted by Crippen LogP contribution is 2.37. The molecule has 1 heterocycles.